The number of para-hydroxylation sites is 2. The van der Waals surface area contributed by atoms with Gasteiger partial charge in [0.2, 0.25) is 5.91 Å². The number of urea groups is 2. The van der Waals surface area contributed by atoms with Crippen LogP contribution in [0.5, 0.6) is 0 Å². The Morgan fingerprint density at radius 1 is 0.657 bits per heavy atom. The van der Waals surface area contributed by atoms with E-state index in [0.29, 0.717) is 11.4 Å². The van der Waals surface area contributed by atoms with Crippen LogP contribution in [-0.2, 0) is 19.2 Å². The number of anilines is 2. The smallest absolute Gasteiger partial charge is 0.276 e. The van der Waals surface area contributed by atoms with E-state index in [1.54, 1.807) is 60.7 Å². The van der Waals surface area contributed by atoms with Crippen LogP contribution < -0.4 is 20.4 Å². The number of barbiturate groups is 2. The normalized spacial score (nSPS) is 20.2. The molecule has 0 radical (unpaired) electrons. The lowest BCUT2D eigenvalue weighted by molar-refractivity contribution is -0.132. The molecular formula is C25H18N4O6. The number of allylic oxidation sites excluding steroid dienone is 4. The third-order valence-corrected chi connectivity index (χ3v) is 5.12. The Labute approximate surface area is 199 Å². The first-order valence-corrected chi connectivity index (χ1v) is 10.4. The molecule has 2 fully saturated rings. The Hall–Kier alpha value is -5.12. The summed E-state index contributed by atoms with van der Waals surface area (Å²) in [6, 6.07) is 14.6. The van der Waals surface area contributed by atoms with Crippen LogP contribution in [0.4, 0.5) is 21.0 Å². The van der Waals surface area contributed by atoms with Gasteiger partial charge >= 0.3 is 12.1 Å². The van der Waals surface area contributed by atoms with Gasteiger partial charge in [0.15, 0.2) is 0 Å². The number of imide groups is 4. The summed E-state index contributed by atoms with van der Waals surface area (Å²) in [5.74, 6) is -4.38. The summed E-state index contributed by atoms with van der Waals surface area (Å²) in [6.07, 6.45) is 6.64. The van der Waals surface area contributed by atoms with Crippen LogP contribution in [0.3, 0.4) is 0 Å². The highest BCUT2D eigenvalue weighted by Gasteiger charge is 2.39. The molecule has 8 amide bonds. The number of hydrogen-bond donors (Lipinski definition) is 2. The molecule has 0 aromatic heterocycles. The number of carbonyl (C=O) groups excluding carboxylic acids is 6. The standard InChI is InChI=1S/C25H18N4O6/c30-20-18(22(32)28(24(34)26-20)16-10-4-1-5-11-16)14-8-3-9-15-19-21(31)27-25(35)29(23(19)33)17-12-6-2-7-13-17/h1-15,18H,(H,26,30,34)(H,27,31,35)/b9-3+,14-8+,19-15+. The van der Waals surface area contributed by atoms with E-state index in [9.17, 15) is 28.8 Å². The lowest BCUT2D eigenvalue weighted by Crippen LogP contribution is -2.57. The SMILES string of the molecule is O=C1NC(=O)N(c2ccccc2)C(=O)/C1=C/C=C/C=C/C1C(=O)NC(=O)N(c2ccccc2)C1=O. The molecule has 1 atom stereocenters. The minimum atomic E-state index is -1.25. The van der Waals surface area contributed by atoms with E-state index in [-0.39, 0.29) is 5.57 Å². The van der Waals surface area contributed by atoms with Crippen molar-refractivity contribution in [2.45, 2.75) is 0 Å². The van der Waals surface area contributed by atoms with Crippen molar-refractivity contribution in [3.63, 3.8) is 0 Å². The van der Waals surface area contributed by atoms with Crippen molar-refractivity contribution >= 4 is 47.1 Å². The molecule has 10 nitrogen and oxygen atoms in total. The molecule has 2 heterocycles. The number of nitrogens with zero attached hydrogens (tertiary/aromatic N) is 2. The van der Waals surface area contributed by atoms with Gasteiger partial charge in [-0.25, -0.2) is 19.4 Å². The molecule has 35 heavy (non-hydrogen) atoms. The van der Waals surface area contributed by atoms with Gasteiger partial charge in [-0.05, 0) is 30.3 Å². The Morgan fingerprint density at radius 2 is 1.23 bits per heavy atom. The predicted octanol–water partition coefficient (Wildman–Crippen LogP) is 2.21. The summed E-state index contributed by atoms with van der Waals surface area (Å²) in [4.78, 5) is 75.9. The number of nitrogens with one attached hydrogen (secondary N) is 2. The number of amides is 8. The van der Waals surface area contributed by atoms with E-state index in [0.717, 1.165) is 9.80 Å². The quantitative estimate of drug-likeness (QED) is 0.298. The Balaban J connectivity index is 1.49. The Bertz CT molecular complexity index is 1310. The first-order valence-electron chi connectivity index (χ1n) is 10.4. The number of rotatable bonds is 5. The predicted molar refractivity (Wildman–Crippen MR) is 125 cm³/mol. The molecule has 2 aliphatic rings. The Kier molecular flexibility index (Phi) is 6.45. The summed E-state index contributed by atoms with van der Waals surface area (Å²) in [6.45, 7) is 0. The third kappa shape index (κ3) is 4.67. The Morgan fingerprint density at radius 3 is 1.86 bits per heavy atom. The van der Waals surface area contributed by atoms with Gasteiger partial charge in [0.25, 0.3) is 17.7 Å². The van der Waals surface area contributed by atoms with Crippen molar-refractivity contribution < 1.29 is 28.8 Å². The van der Waals surface area contributed by atoms with Crippen LogP contribution in [0, 0.1) is 5.92 Å². The highest BCUT2D eigenvalue weighted by Crippen LogP contribution is 2.22. The molecule has 2 aliphatic heterocycles. The van der Waals surface area contributed by atoms with Crippen LogP contribution in [0.1, 0.15) is 0 Å². The molecule has 2 aromatic carbocycles. The molecule has 0 bridgehead atoms. The van der Waals surface area contributed by atoms with Crippen LogP contribution in [0.15, 0.2) is 96.6 Å². The lowest BCUT2D eigenvalue weighted by Gasteiger charge is -2.28. The van der Waals surface area contributed by atoms with E-state index < -0.39 is 41.6 Å². The van der Waals surface area contributed by atoms with Gasteiger partial charge in [-0.2, -0.15) is 0 Å². The van der Waals surface area contributed by atoms with E-state index in [2.05, 4.69) is 10.6 Å². The molecule has 10 heteroatoms. The zero-order valence-corrected chi connectivity index (χ0v) is 18.1. The molecule has 0 saturated carbocycles. The molecule has 174 valence electrons. The molecule has 2 aromatic rings. The zero-order valence-electron chi connectivity index (χ0n) is 18.1. The summed E-state index contributed by atoms with van der Waals surface area (Å²) in [5, 5.41) is 4.25. The minimum absolute atomic E-state index is 0.273. The summed E-state index contributed by atoms with van der Waals surface area (Å²) >= 11 is 0. The van der Waals surface area contributed by atoms with Crippen molar-refractivity contribution in [3.8, 4) is 0 Å². The van der Waals surface area contributed by atoms with Gasteiger partial charge in [-0.1, -0.05) is 60.7 Å². The minimum Gasteiger partial charge on any atom is -0.276 e. The molecule has 2 N–H and O–H groups in total. The summed E-state index contributed by atoms with van der Waals surface area (Å²) < 4.78 is 0. The van der Waals surface area contributed by atoms with E-state index in [1.165, 1.54) is 30.4 Å². The molecule has 1 unspecified atom stereocenters. The van der Waals surface area contributed by atoms with Gasteiger partial charge in [0.1, 0.15) is 11.5 Å². The zero-order chi connectivity index (χ0) is 24.9. The van der Waals surface area contributed by atoms with E-state index >= 15 is 0 Å². The first kappa shape index (κ1) is 23.1. The van der Waals surface area contributed by atoms with E-state index in [1.807, 2.05) is 0 Å². The fourth-order valence-electron chi connectivity index (χ4n) is 3.46. The second kappa shape index (κ2) is 9.79. The lowest BCUT2D eigenvalue weighted by atomic mass is 10.0. The van der Waals surface area contributed by atoms with Crippen molar-refractivity contribution in [2.24, 2.45) is 5.92 Å². The van der Waals surface area contributed by atoms with Crippen LogP contribution in [-0.4, -0.2) is 35.7 Å². The second-order valence-electron chi connectivity index (χ2n) is 7.37. The largest absolute Gasteiger partial charge is 0.335 e. The van der Waals surface area contributed by atoms with Crippen molar-refractivity contribution in [1.82, 2.24) is 10.6 Å². The van der Waals surface area contributed by atoms with Crippen LogP contribution in [0.2, 0.25) is 0 Å². The average Bonchev–Trinajstić information content (AvgIpc) is 2.83. The van der Waals surface area contributed by atoms with Crippen molar-refractivity contribution in [1.29, 1.82) is 0 Å². The van der Waals surface area contributed by atoms with Crippen LogP contribution >= 0.6 is 0 Å². The summed E-state index contributed by atoms with van der Waals surface area (Å²) in [7, 11) is 0. The third-order valence-electron chi connectivity index (χ3n) is 5.12. The molecule has 0 aliphatic carbocycles. The van der Waals surface area contributed by atoms with Gasteiger partial charge in [0.05, 0.1) is 11.4 Å². The summed E-state index contributed by atoms with van der Waals surface area (Å²) in [5.41, 5.74) is 0.350. The van der Waals surface area contributed by atoms with Gasteiger partial charge in [0, 0.05) is 0 Å². The molecule has 4 rings (SSSR count). The second-order valence-corrected chi connectivity index (χ2v) is 7.37. The fraction of sp³-hybridized carbons (Fsp3) is 0.0400. The van der Waals surface area contributed by atoms with Gasteiger partial charge in [-0.3, -0.25) is 29.8 Å². The molecule has 2 saturated heterocycles. The number of hydrogen-bond acceptors (Lipinski definition) is 6. The fourth-order valence-corrected chi connectivity index (χ4v) is 3.46. The highest BCUT2D eigenvalue weighted by atomic mass is 16.2. The van der Waals surface area contributed by atoms with Crippen molar-refractivity contribution in [3.05, 3.63) is 96.6 Å². The number of benzene rings is 2. The number of carbonyl (C=O) groups is 6. The topological polar surface area (TPSA) is 133 Å². The van der Waals surface area contributed by atoms with Gasteiger partial charge < -0.3 is 0 Å². The molecular weight excluding hydrogens is 452 g/mol. The average molecular weight is 470 g/mol. The van der Waals surface area contributed by atoms with E-state index in [4.69, 9.17) is 0 Å². The maximum atomic E-state index is 12.8. The maximum Gasteiger partial charge on any atom is 0.335 e. The molecule has 0 spiro atoms. The highest BCUT2D eigenvalue weighted by molar-refractivity contribution is 6.37. The van der Waals surface area contributed by atoms with Gasteiger partial charge in [-0.15, -0.1) is 0 Å². The first-order chi connectivity index (χ1) is 16.9. The monoisotopic (exact) mass is 470 g/mol. The van der Waals surface area contributed by atoms with Crippen molar-refractivity contribution in [2.75, 3.05) is 9.80 Å². The maximum absolute atomic E-state index is 12.8. The van der Waals surface area contributed by atoms with Crippen LogP contribution in [0.25, 0.3) is 0 Å².